The monoisotopic (exact) mass is 517 g/mol. The van der Waals surface area contributed by atoms with Gasteiger partial charge in [0.2, 0.25) is 15.9 Å². The number of nitrogens with one attached hydrogen (secondary N) is 1. The maximum Gasteiger partial charge on any atom is 0.249 e. The first kappa shape index (κ1) is 22.0. The Morgan fingerprint density at radius 2 is 1.77 bits per heavy atom. The second-order valence-corrected chi connectivity index (χ2v) is 10.9. The summed E-state index contributed by atoms with van der Waals surface area (Å²) in [5, 5.41) is 2.17. The minimum absolute atomic E-state index is 0.167. The summed E-state index contributed by atoms with van der Waals surface area (Å²) in [7, 11) is -3.80. The molecule has 3 aromatic rings. The molecule has 2 atom stereocenters. The molecular weight excluding hydrogens is 498 g/mol. The number of carbonyl (C=O) groups excluding carboxylic acids is 1. The fourth-order valence-electron chi connectivity index (χ4n) is 3.38. The summed E-state index contributed by atoms with van der Waals surface area (Å²) < 4.78 is 28.4. The molecule has 1 amide bonds. The molecule has 0 saturated carbocycles. The lowest BCUT2D eigenvalue weighted by molar-refractivity contribution is -0.122. The lowest BCUT2D eigenvalue weighted by Crippen LogP contribution is -2.46. The molecule has 0 spiro atoms. The zero-order chi connectivity index (χ0) is 21.8. The lowest BCUT2D eigenvalue weighted by atomic mass is 10.0. The molecule has 1 aromatic heterocycles. The van der Waals surface area contributed by atoms with E-state index in [-0.39, 0.29) is 17.3 Å². The highest BCUT2D eigenvalue weighted by molar-refractivity contribution is 9.10. The van der Waals surface area contributed by atoms with Gasteiger partial charge in [0, 0.05) is 23.0 Å². The molecule has 1 unspecified atom stereocenters. The number of hydrogen-bond donors (Lipinski definition) is 1. The molecule has 31 heavy (non-hydrogen) atoms. The Morgan fingerprint density at radius 3 is 2.45 bits per heavy atom. The van der Waals surface area contributed by atoms with Crippen molar-refractivity contribution in [3.8, 4) is 0 Å². The number of pyridine rings is 1. The smallest absolute Gasteiger partial charge is 0.249 e. The van der Waals surface area contributed by atoms with Crippen molar-refractivity contribution in [2.24, 2.45) is 0 Å². The number of carbonyl (C=O) groups is 1. The van der Waals surface area contributed by atoms with Crippen molar-refractivity contribution < 1.29 is 13.2 Å². The fraction of sp³-hybridized carbons (Fsp3) is 0.182. The third-order valence-corrected chi connectivity index (χ3v) is 8.64. The van der Waals surface area contributed by atoms with Crippen LogP contribution in [0.2, 0.25) is 0 Å². The predicted octanol–water partition coefficient (Wildman–Crippen LogP) is 3.81. The van der Waals surface area contributed by atoms with Crippen LogP contribution in [0.3, 0.4) is 0 Å². The Labute approximate surface area is 194 Å². The van der Waals surface area contributed by atoms with E-state index in [2.05, 4.69) is 26.2 Å². The van der Waals surface area contributed by atoms with Crippen LogP contribution in [0.25, 0.3) is 0 Å². The quantitative estimate of drug-likeness (QED) is 0.537. The number of sulfonamides is 1. The summed E-state index contributed by atoms with van der Waals surface area (Å²) >= 11 is 4.64. The maximum atomic E-state index is 13.3. The van der Waals surface area contributed by atoms with Gasteiger partial charge in [0.25, 0.3) is 0 Å². The van der Waals surface area contributed by atoms with Gasteiger partial charge in [-0.05, 0) is 42.0 Å². The molecule has 1 saturated heterocycles. The van der Waals surface area contributed by atoms with Gasteiger partial charge in [0.15, 0.2) is 0 Å². The van der Waals surface area contributed by atoms with Gasteiger partial charge in [0.05, 0.1) is 16.6 Å². The summed E-state index contributed by atoms with van der Waals surface area (Å²) in [5.74, 6) is 0.190. The number of halogens is 1. The molecule has 1 N–H and O–H groups in total. The minimum atomic E-state index is -3.80. The minimum Gasteiger partial charge on any atom is -0.341 e. The Bertz CT molecular complexity index is 1100. The van der Waals surface area contributed by atoms with Crippen molar-refractivity contribution >= 4 is 43.6 Å². The van der Waals surface area contributed by atoms with E-state index in [0.29, 0.717) is 11.4 Å². The zero-order valence-electron chi connectivity index (χ0n) is 16.4. The molecule has 1 fully saturated rings. The van der Waals surface area contributed by atoms with Crippen LogP contribution in [0.5, 0.6) is 0 Å². The van der Waals surface area contributed by atoms with Crippen LogP contribution in [0.1, 0.15) is 17.3 Å². The second kappa shape index (κ2) is 9.52. The number of amides is 1. The van der Waals surface area contributed by atoms with E-state index in [1.807, 2.05) is 48.5 Å². The molecular formula is C22H20BrN3O3S2. The first-order valence-corrected chi connectivity index (χ1v) is 12.9. The van der Waals surface area contributed by atoms with Crippen LogP contribution in [-0.2, 0) is 14.8 Å². The first-order chi connectivity index (χ1) is 15.0. The number of thioether (sulfide) groups is 1. The molecule has 0 radical (unpaired) electrons. The van der Waals surface area contributed by atoms with Gasteiger partial charge in [-0.25, -0.2) is 8.42 Å². The molecule has 1 aliphatic rings. The van der Waals surface area contributed by atoms with Gasteiger partial charge in [-0.1, -0.05) is 52.3 Å². The highest BCUT2D eigenvalue weighted by Crippen LogP contribution is 2.32. The van der Waals surface area contributed by atoms with Crippen LogP contribution in [0.15, 0.2) is 88.4 Å². The van der Waals surface area contributed by atoms with Crippen LogP contribution >= 0.6 is 27.7 Å². The Morgan fingerprint density at radius 1 is 1.06 bits per heavy atom. The normalized spacial score (nSPS) is 17.9. The Balaban J connectivity index is 1.60. The van der Waals surface area contributed by atoms with Crippen molar-refractivity contribution in [2.45, 2.75) is 16.3 Å². The van der Waals surface area contributed by atoms with E-state index >= 15 is 0 Å². The summed E-state index contributed by atoms with van der Waals surface area (Å²) in [6.45, 7) is 0.279. The van der Waals surface area contributed by atoms with E-state index < -0.39 is 21.4 Å². The molecule has 2 aromatic carbocycles. The number of nitrogens with zero attached hydrogens (tertiary/aromatic N) is 2. The summed E-state index contributed by atoms with van der Waals surface area (Å²) in [5.41, 5.74) is 1.56. The second-order valence-electron chi connectivity index (χ2n) is 6.90. The van der Waals surface area contributed by atoms with Crippen LogP contribution in [-0.4, -0.2) is 41.3 Å². The first-order valence-electron chi connectivity index (χ1n) is 9.62. The summed E-state index contributed by atoms with van der Waals surface area (Å²) in [6.07, 6.45) is 1.67. The van der Waals surface area contributed by atoms with Crippen molar-refractivity contribution in [1.82, 2.24) is 14.6 Å². The molecule has 0 aliphatic carbocycles. The van der Waals surface area contributed by atoms with Crippen LogP contribution in [0, 0.1) is 0 Å². The van der Waals surface area contributed by atoms with E-state index in [1.54, 1.807) is 18.3 Å². The summed E-state index contributed by atoms with van der Waals surface area (Å²) in [6, 6.07) is 21.0. The van der Waals surface area contributed by atoms with Gasteiger partial charge < -0.3 is 5.32 Å². The summed E-state index contributed by atoms with van der Waals surface area (Å²) in [4.78, 5) is 17.8. The van der Waals surface area contributed by atoms with Crippen LogP contribution < -0.4 is 5.32 Å². The van der Waals surface area contributed by atoms with Gasteiger partial charge in [-0.2, -0.15) is 4.31 Å². The van der Waals surface area contributed by atoms with E-state index in [0.717, 1.165) is 10.0 Å². The molecule has 6 nitrogen and oxygen atoms in total. The average Bonchev–Trinajstić information content (AvgIpc) is 3.30. The van der Waals surface area contributed by atoms with E-state index in [4.69, 9.17) is 0 Å². The van der Waals surface area contributed by atoms with Crippen molar-refractivity contribution in [3.63, 3.8) is 0 Å². The molecule has 2 heterocycles. The standard InChI is InChI=1S/C22H20BrN3O3S2/c23-17-9-11-18(12-10-17)31(28,29)26-14-15-30-22(26)21(27)25-20(16-6-2-1-3-7-16)19-8-4-5-13-24-19/h1-13,20,22H,14-15H2,(H,25,27)/t20?,22-/m0/s1. The number of benzene rings is 2. The Hall–Kier alpha value is -2.20. The van der Waals surface area contributed by atoms with Gasteiger partial charge in [-0.15, -0.1) is 11.8 Å². The largest absolute Gasteiger partial charge is 0.341 e. The van der Waals surface area contributed by atoms with Gasteiger partial charge in [-0.3, -0.25) is 9.78 Å². The van der Waals surface area contributed by atoms with E-state index in [9.17, 15) is 13.2 Å². The third-order valence-electron chi connectivity index (χ3n) is 4.90. The average molecular weight is 518 g/mol. The number of aromatic nitrogens is 1. The SMILES string of the molecule is O=C(NC(c1ccccc1)c1ccccn1)[C@@H]1SCCN1S(=O)(=O)c1ccc(Br)cc1. The van der Waals surface area contributed by atoms with Crippen molar-refractivity contribution in [1.29, 1.82) is 0 Å². The van der Waals surface area contributed by atoms with Crippen molar-refractivity contribution in [2.75, 3.05) is 12.3 Å². The van der Waals surface area contributed by atoms with Crippen molar-refractivity contribution in [3.05, 3.63) is 94.7 Å². The molecule has 9 heteroatoms. The maximum absolute atomic E-state index is 13.3. The molecule has 1 aliphatic heterocycles. The zero-order valence-corrected chi connectivity index (χ0v) is 19.6. The topological polar surface area (TPSA) is 79.4 Å². The van der Waals surface area contributed by atoms with Gasteiger partial charge in [0.1, 0.15) is 5.37 Å². The number of rotatable bonds is 6. The molecule has 4 rings (SSSR count). The highest BCUT2D eigenvalue weighted by Gasteiger charge is 2.41. The predicted molar refractivity (Wildman–Crippen MR) is 125 cm³/mol. The lowest BCUT2D eigenvalue weighted by Gasteiger charge is -2.25. The third kappa shape index (κ3) is 4.85. The number of hydrogen-bond acceptors (Lipinski definition) is 5. The Kier molecular flexibility index (Phi) is 6.76. The van der Waals surface area contributed by atoms with Crippen LogP contribution in [0.4, 0.5) is 0 Å². The van der Waals surface area contributed by atoms with E-state index in [1.165, 1.54) is 28.2 Å². The fourth-order valence-corrected chi connectivity index (χ4v) is 6.73. The molecule has 0 bridgehead atoms. The molecule has 160 valence electrons. The highest BCUT2D eigenvalue weighted by atomic mass is 79.9. The van der Waals surface area contributed by atoms with Gasteiger partial charge >= 0.3 is 0 Å².